The number of rotatable bonds is 2. The summed E-state index contributed by atoms with van der Waals surface area (Å²) in [5.41, 5.74) is 0. The van der Waals surface area contributed by atoms with Gasteiger partial charge in [0.05, 0.1) is 0 Å². The van der Waals surface area contributed by atoms with Crippen LogP contribution in [0.3, 0.4) is 0 Å². The Balaban J connectivity index is 0. The Hall–Kier alpha value is -0.0500. The van der Waals surface area contributed by atoms with Crippen molar-refractivity contribution in [3.8, 4) is 0 Å². The van der Waals surface area contributed by atoms with Gasteiger partial charge in [0, 0.05) is 35.6 Å². The Labute approximate surface area is 76.6 Å². The van der Waals surface area contributed by atoms with Crippen molar-refractivity contribution in [2.75, 3.05) is 0 Å². The largest absolute Gasteiger partial charge is 0.478 e. The molecule has 0 fully saturated rings. The quantitative estimate of drug-likeness (QED) is 0.346. The zero-order valence-electron chi connectivity index (χ0n) is 5.66. The van der Waals surface area contributed by atoms with Gasteiger partial charge in [-0.05, 0) is 6.92 Å². The van der Waals surface area contributed by atoms with Crippen LogP contribution in [0.5, 0.6) is 0 Å². The van der Waals surface area contributed by atoms with Crippen LogP contribution < -0.4 is 0 Å². The fourth-order valence-corrected chi connectivity index (χ4v) is 0.249. The topological polar surface area (TPSA) is 37.3 Å². The number of carbonyl (C=O) groups is 1. The molecule has 0 aliphatic rings. The first-order valence-corrected chi connectivity index (χ1v) is 2.29. The third-order valence-electron chi connectivity index (χ3n) is 0.542. The molecule has 9 heavy (non-hydrogen) atoms. The SMILES string of the molecule is CC=CC=CC(=O)O.[Na]. The monoisotopic (exact) mass is 135 g/mol. The minimum Gasteiger partial charge on any atom is -0.478 e. The maximum Gasteiger partial charge on any atom is 0.328 e. The van der Waals surface area contributed by atoms with Crippen LogP contribution in [-0.2, 0) is 4.79 Å². The van der Waals surface area contributed by atoms with Crippen LogP contribution in [0.15, 0.2) is 24.3 Å². The standard InChI is InChI=1S/C6H8O2.Na/c1-2-3-4-5-6(7)8;/h2-5H,1H3,(H,7,8);. The van der Waals surface area contributed by atoms with Crippen LogP contribution >= 0.6 is 0 Å². The molecule has 0 amide bonds. The molecule has 0 heterocycles. The van der Waals surface area contributed by atoms with E-state index in [0.29, 0.717) is 0 Å². The Bertz CT molecular complexity index is 127. The summed E-state index contributed by atoms with van der Waals surface area (Å²) in [6.45, 7) is 1.83. The predicted molar refractivity (Wildman–Crippen MR) is 37.3 cm³/mol. The van der Waals surface area contributed by atoms with Crippen LogP contribution in [0.2, 0.25) is 0 Å². The Morgan fingerprint density at radius 3 is 2.33 bits per heavy atom. The van der Waals surface area contributed by atoms with Crippen LogP contribution in [0.1, 0.15) is 6.92 Å². The average molecular weight is 135 g/mol. The van der Waals surface area contributed by atoms with E-state index < -0.39 is 5.97 Å². The summed E-state index contributed by atoms with van der Waals surface area (Å²) in [5, 5.41) is 8.02. The van der Waals surface area contributed by atoms with E-state index in [4.69, 9.17) is 5.11 Å². The van der Waals surface area contributed by atoms with E-state index in [0.717, 1.165) is 6.08 Å². The van der Waals surface area contributed by atoms with Gasteiger partial charge < -0.3 is 5.11 Å². The summed E-state index contributed by atoms with van der Waals surface area (Å²) in [5.74, 6) is -0.914. The molecule has 0 atom stereocenters. The van der Waals surface area contributed by atoms with Crippen molar-refractivity contribution in [3.63, 3.8) is 0 Å². The first-order chi connectivity index (χ1) is 3.77. The maximum atomic E-state index is 9.75. The summed E-state index contributed by atoms with van der Waals surface area (Å²) in [6.07, 6.45) is 5.98. The van der Waals surface area contributed by atoms with Crippen molar-refractivity contribution in [2.45, 2.75) is 6.92 Å². The Kier molecular flexibility index (Phi) is 10.3. The molecule has 0 rings (SSSR count). The van der Waals surface area contributed by atoms with Gasteiger partial charge in [-0.25, -0.2) is 4.79 Å². The van der Waals surface area contributed by atoms with Gasteiger partial charge in [0.15, 0.2) is 0 Å². The third-order valence-corrected chi connectivity index (χ3v) is 0.542. The van der Waals surface area contributed by atoms with Gasteiger partial charge in [-0.3, -0.25) is 0 Å². The minimum atomic E-state index is -0.914. The molecule has 0 saturated carbocycles. The van der Waals surface area contributed by atoms with E-state index in [1.54, 1.807) is 12.2 Å². The smallest absolute Gasteiger partial charge is 0.328 e. The average Bonchev–Trinajstić information content (AvgIpc) is 1.66. The third kappa shape index (κ3) is 11.5. The van der Waals surface area contributed by atoms with Crippen LogP contribution in [0.4, 0.5) is 0 Å². The molecule has 45 valence electrons. The second kappa shape index (κ2) is 7.95. The molecule has 0 aromatic carbocycles. The number of carboxylic acids is 1. The van der Waals surface area contributed by atoms with Crippen LogP contribution in [0, 0.1) is 0 Å². The summed E-state index contributed by atoms with van der Waals surface area (Å²) in [7, 11) is 0. The summed E-state index contributed by atoms with van der Waals surface area (Å²) >= 11 is 0. The Morgan fingerprint density at radius 2 is 2.00 bits per heavy atom. The van der Waals surface area contributed by atoms with E-state index in [9.17, 15) is 4.79 Å². The van der Waals surface area contributed by atoms with Gasteiger partial charge in [0.2, 0.25) is 0 Å². The number of carboxylic acid groups (broad SMARTS) is 1. The molecule has 0 saturated heterocycles. The van der Waals surface area contributed by atoms with Crippen molar-refractivity contribution in [1.82, 2.24) is 0 Å². The van der Waals surface area contributed by atoms with E-state index in [-0.39, 0.29) is 29.6 Å². The van der Waals surface area contributed by atoms with Crippen molar-refractivity contribution in [1.29, 1.82) is 0 Å². The number of hydrogen-bond acceptors (Lipinski definition) is 1. The fourth-order valence-electron chi connectivity index (χ4n) is 0.249. The summed E-state index contributed by atoms with van der Waals surface area (Å²) < 4.78 is 0. The van der Waals surface area contributed by atoms with E-state index in [2.05, 4.69) is 0 Å². The minimum absolute atomic E-state index is 0. The fraction of sp³-hybridized carbons (Fsp3) is 0.167. The molecule has 0 aliphatic carbocycles. The molecule has 3 heteroatoms. The van der Waals surface area contributed by atoms with Crippen molar-refractivity contribution in [2.24, 2.45) is 0 Å². The first kappa shape index (κ1) is 11.7. The molecule has 0 aromatic rings. The van der Waals surface area contributed by atoms with E-state index in [1.165, 1.54) is 6.08 Å². The molecular formula is C6H8NaO2. The van der Waals surface area contributed by atoms with Gasteiger partial charge in [-0.1, -0.05) is 18.2 Å². The first-order valence-electron chi connectivity index (χ1n) is 2.29. The summed E-state index contributed by atoms with van der Waals surface area (Å²) in [4.78, 5) is 9.75. The summed E-state index contributed by atoms with van der Waals surface area (Å²) in [6, 6.07) is 0. The second-order valence-corrected chi connectivity index (χ2v) is 1.22. The predicted octanol–water partition coefficient (Wildman–Crippen LogP) is 0.823. The van der Waals surface area contributed by atoms with Gasteiger partial charge in [0.25, 0.3) is 0 Å². The second-order valence-electron chi connectivity index (χ2n) is 1.22. The molecule has 0 aliphatic heterocycles. The molecule has 0 spiro atoms. The van der Waals surface area contributed by atoms with Crippen molar-refractivity contribution < 1.29 is 9.90 Å². The molecule has 0 bridgehead atoms. The molecule has 0 aromatic heterocycles. The van der Waals surface area contributed by atoms with Crippen molar-refractivity contribution in [3.05, 3.63) is 24.3 Å². The number of allylic oxidation sites excluding steroid dienone is 3. The zero-order valence-corrected chi connectivity index (χ0v) is 7.66. The van der Waals surface area contributed by atoms with Crippen LogP contribution in [0.25, 0.3) is 0 Å². The van der Waals surface area contributed by atoms with Crippen molar-refractivity contribution >= 4 is 35.5 Å². The molecule has 0 unspecified atom stereocenters. The molecule has 1 radical (unpaired) electrons. The van der Waals surface area contributed by atoms with Gasteiger partial charge in [-0.15, -0.1) is 0 Å². The van der Waals surface area contributed by atoms with E-state index >= 15 is 0 Å². The van der Waals surface area contributed by atoms with Gasteiger partial charge in [0.1, 0.15) is 0 Å². The molecule has 1 N–H and O–H groups in total. The number of hydrogen-bond donors (Lipinski definition) is 1. The molecular weight excluding hydrogens is 127 g/mol. The Morgan fingerprint density at radius 1 is 1.44 bits per heavy atom. The maximum absolute atomic E-state index is 9.75. The molecule has 2 nitrogen and oxygen atoms in total. The normalized spacial score (nSPS) is 9.89. The van der Waals surface area contributed by atoms with Crippen LogP contribution in [-0.4, -0.2) is 40.6 Å². The zero-order chi connectivity index (χ0) is 6.41. The van der Waals surface area contributed by atoms with Gasteiger partial charge in [-0.2, -0.15) is 0 Å². The number of aliphatic carboxylic acids is 1. The van der Waals surface area contributed by atoms with E-state index in [1.807, 2.05) is 6.92 Å². The van der Waals surface area contributed by atoms with Gasteiger partial charge >= 0.3 is 5.97 Å².